The van der Waals surface area contributed by atoms with Crippen LogP contribution in [0.5, 0.6) is 0 Å². The van der Waals surface area contributed by atoms with E-state index in [1.165, 1.54) is 23.7 Å². The number of anilines is 2. The molecule has 2 aromatic rings. The fourth-order valence-corrected chi connectivity index (χ4v) is 1.91. The van der Waals surface area contributed by atoms with Crippen molar-refractivity contribution >= 4 is 22.6 Å². The lowest BCUT2D eigenvalue weighted by Gasteiger charge is -2.14. The Balaban J connectivity index is 2.10. The molecule has 2 rings (SSSR count). The average molecular weight is 238 g/mol. The van der Waals surface area contributed by atoms with Gasteiger partial charge in [0.25, 0.3) is 0 Å². The number of aromatic nitrogens is 2. The third-order valence-electron chi connectivity index (χ3n) is 2.07. The van der Waals surface area contributed by atoms with Gasteiger partial charge in [0.15, 0.2) is 0 Å². The van der Waals surface area contributed by atoms with Gasteiger partial charge in [-0.25, -0.2) is 4.39 Å². The first kappa shape index (κ1) is 10.8. The van der Waals surface area contributed by atoms with Crippen molar-refractivity contribution < 1.29 is 4.39 Å². The molecule has 1 aromatic heterocycles. The van der Waals surface area contributed by atoms with Crippen LogP contribution in [0.2, 0.25) is 0 Å². The summed E-state index contributed by atoms with van der Waals surface area (Å²) in [5.74, 6) is 0.0359. The summed E-state index contributed by atoms with van der Waals surface area (Å²) in [4.78, 5) is 5.92. The van der Waals surface area contributed by atoms with Crippen molar-refractivity contribution in [3.05, 3.63) is 35.6 Å². The first-order chi connectivity index (χ1) is 7.65. The zero-order valence-corrected chi connectivity index (χ0v) is 9.54. The Kier molecular flexibility index (Phi) is 3.00. The number of halogens is 1. The summed E-state index contributed by atoms with van der Waals surface area (Å²) in [5.41, 5.74) is 6.32. The van der Waals surface area contributed by atoms with E-state index in [-0.39, 0.29) is 11.8 Å². The van der Waals surface area contributed by atoms with Crippen LogP contribution in [0.4, 0.5) is 15.5 Å². The molecule has 0 fully saturated rings. The van der Waals surface area contributed by atoms with Crippen molar-refractivity contribution in [2.24, 2.45) is 0 Å². The number of nitrogen functional groups attached to an aromatic ring is 1. The Morgan fingerprint density at radius 3 is 2.94 bits per heavy atom. The highest BCUT2D eigenvalue weighted by Gasteiger charge is 2.07. The maximum atomic E-state index is 13.0. The maximum Gasteiger partial charge on any atom is 0.233 e. The van der Waals surface area contributed by atoms with E-state index in [0.29, 0.717) is 6.54 Å². The Hall–Kier alpha value is -1.69. The lowest BCUT2D eigenvalue weighted by molar-refractivity contribution is 0.625. The Morgan fingerprint density at radius 2 is 2.31 bits per heavy atom. The van der Waals surface area contributed by atoms with Crippen molar-refractivity contribution in [2.75, 3.05) is 17.7 Å². The van der Waals surface area contributed by atoms with Crippen LogP contribution in [0.3, 0.4) is 0 Å². The van der Waals surface area contributed by atoms with Crippen LogP contribution in [0, 0.1) is 5.82 Å². The van der Waals surface area contributed by atoms with Crippen LogP contribution < -0.4 is 10.6 Å². The van der Waals surface area contributed by atoms with Crippen molar-refractivity contribution in [1.29, 1.82) is 0 Å². The van der Waals surface area contributed by atoms with Gasteiger partial charge < -0.3 is 10.6 Å². The number of benzene rings is 1. The number of nitrogens with zero attached hydrogens (tertiary/aromatic N) is 3. The second-order valence-electron chi connectivity index (χ2n) is 3.42. The molecule has 0 saturated heterocycles. The summed E-state index contributed by atoms with van der Waals surface area (Å²) in [6, 6.07) is 6.48. The van der Waals surface area contributed by atoms with Gasteiger partial charge in [-0.05, 0) is 17.7 Å². The van der Waals surface area contributed by atoms with Crippen LogP contribution in [0.1, 0.15) is 5.56 Å². The van der Waals surface area contributed by atoms with Crippen molar-refractivity contribution in [3.8, 4) is 0 Å². The molecule has 1 heterocycles. The predicted molar refractivity (Wildman–Crippen MR) is 62.8 cm³/mol. The monoisotopic (exact) mass is 238 g/mol. The van der Waals surface area contributed by atoms with E-state index in [1.807, 2.05) is 18.0 Å². The molecule has 4 nitrogen and oxygen atoms in total. The van der Waals surface area contributed by atoms with Crippen LogP contribution in [-0.2, 0) is 6.54 Å². The minimum absolute atomic E-state index is 0.234. The van der Waals surface area contributed by atoms with Gasteiger partial charge in [0.1, 0.15) is 5.82 Å². The van der Waals surface area contributed by atoms with Gasteiger partial charge in [-0.3, -0.25) is 0 Å². The first-order valence-electron chi connectivity index (χ1n) is 4.70. The summed E-state index contributed by atoms with van der Waals surface area (Å²) in [5, 5.41) is 0.724. The second kappa shape index (κ2) is 4.44. The molecule has 16 heavy (non-hydrogen) atoms. The molecule has 0 aliphatic heterocycles. The first-order valence-corrected chi connectivity index (χ1v) is 5.47. The third-order valence-corrected chi connectivity index (χ3v) is 2.91. The maximum absolute atomic E-state index is 13.0. The quantitative estimate of drug-likeness (QED) is 0.887. The molecule has 1 aromatic carbocycles. The van der Waals surface area contributed by atoms with E-state index in [0.717, 1.165) is 10.7 Å². The Bertz CT molecular complexity index is 485. The molecule has 6 heteroatoms. The van der Waals surface area contributed by atoms with Crippen molar-refractivity contribution in [3.63, 3.8) is 0 Å². The average Bonchev–Trinajstić information content (AvgIpc) is 2.65. The molecule has 0 atom stereocenters. The van der Waals surface area contributed by atoms with Gasteiger partial charge in [-0.1, -0.05) is 12.1 Å². The van der Waals surface area contributed by atoms with E-state index in [1.54, 1.807) is 6.07 Å². The van der Waals surface area contributed by atoms with Crippen LogP contribution in [-0.4, -0.2) is 16.4 Å². The second-order valence-corrected chi connectivity index (χ2v) is 4.15. The molecule has 0 aliphatic rings. The fourth-order valence-electron chi connectivity index (χ4n) is 1.36. The van der Waals surface area contributed by atoms with Crippen LogP contribution in [0.15, 0.2) is 24.3 Å². The zero-order valence-electron chi connectivity index (χ0n) is 8.72. The highest BCUT2D eigenvalue weighted by molar-refractivity contribution is 7.09. The van der Waals surface area contributed by atoms with E-state index in [2.05, 4.69) is 9.36 Å². The highest BCUT2D eigenvalue weighted by atomic mass is 32.1. The Labute approximate surface area is 96.7 Å². The third kappa shape index (κ3) is 2.46. The molecule has 0 saturated carbocycles. The van der Waals surface area contributed by atoms with E-state index in [4.69, 9.17) is 5.73 Å². The molecular formula is C10H11FN4S. The molecule has 0 unspecified atom stereocenters. The van der Waals surface area contributed by atoms with Gasteiger partial charge in [-0.15, -0.1) is 0 Å². The van der Waals surface area contributed by atoms with Gasteiger partial charge in [0, 0.05) is 25.1 Å². The lowest BCUT2D eigenvalue weighted by atomic mass is 10.2. The lowest BCUT2D eigenvalue weighted by Crippen LogP contribution is -2.16. The van der Waals surface area contributed by atoms with Gasteiger partial charge in [-0.2, -0.15) is 9.36 Å². The largest absolute Gasteiger partial charge is 0.367 e. The highest BCUT2D eigenvalue weighted by Crippen LogP contribution is 2.18. The molecular weight excluding hydrogens is 227 g/mol. The smallest absolute Gasteiger partial charge is 0.233 e. The summed E-state index contributed by atoms with van der Waals surface area (Å²) in [6.07, 6.45) is 0. The molecule has 0 bridgehead atoms. The molecule has 0 aliphatic carbocycles. The van der Waals surface area contributed by atoms with E-state index >= 15 is 0 Å². The van der Waals surface area contributed by atoms with Crippen molar-refractivity contribution in [1.82, 2.24) is 9.36 Å². The molecule has 2 N–H and O–H groups in total. The van der Waals surface area contributed by atoms with Crippen LogP contribution in [0.25, 0.3) is 0 Å². The Morgan fingerprint density at radius 1 is 1.50 bits per heavy atom. The van der Waals surface area contributed by atoms with Crippen LogP contribution >= 0.6 is 11.5 Å². The summed E-state index contributed by atoms with van der Waals surface area (Å²) in [6.45, 7) is 0.576. The molecule has 0 spiro atoms. The topological polar surface area (TPSA) is 55.0 Å². The standard InChI is InChI=1S/C10H11FN4S/c1-15(10-13-9(12)14-16-10)6-7-3-2-4-8(11)5-7/h2-5H,6H2,1H3,(H2,12,14). The number of rotatable bonds is 3. The normalized spacial score (nSPS) is 10.4. The van der Waals surface area contributed by atoms with E-state index < -0.39 is 0 Å². The fraction of sp³-hybridized carbons (Fsp3) is 0.200. The number of nitrogens with two attached hydrogens (primary N) is 1. The van der Waals surface area contributed by atoms with Gasteiger partial charge >= 0.3 is 0 Å². The number of hydrogen-bond acceptors (Lipinski definition) is 5. The number of hydrogen-bond donors (Lipinski definition) is 1. The predicted octanol–water partition coefficient (Wildman–Crippen LogP) is 1.90. The minimum atomic E-state index is -0.234. The molecule has 0 amide bonds. The zero-order chi connectivity index (χ0) is 11.5. The van der Waals surface area contributed by atoms with Crippen molar-refractivity contribution in [2.45, 2.75) is 6.54 Å². The summed E-state index contributed by atoms with van der Waals surface area (Å²) < 4.78 is 16.8. The van der Waals surface area contributed by atoms with E-state index in [9.17, 15) is 4.39 Å². The van der Waals surface area contributed by atoms with Gasteiger partial charge in [0.2, 0.25) is 11.1 Å². The SMILES string of the molecule is CN(Cc1cccc(F)c1)c1nc(N)ns1. The minimum Gasteiger partial charge on any atom is -0.367 e. The molecule has 84 valence electrons. The summed E-state index contributed by atoms with van der Waals surface area (Å²) >= 11 is 1.23. The van der Waals surface area contributed by atoms with Gasteiger partial charge in [0.05, 0.1) is 0 Å². The molecule has 0 radical (unpaired) electrons. The summed E-state index contributed by atoms with van der Waals surface area (Å²) in [7, 11) is 1.87.